The Balaban J connectivity index is 2.24. The van der Waals surface area contributed by atoms with Gasteiger partial charge < -0.3 is 35.8 Å². The molecule has 2 aromatic carbocycles. The average Bonchev–Trinajstić information content (AvgIpc) is 3.02. The fraction of sp³-hybridized carbons (Fsp3) is 0.485. The molecule has 0 aromatic heterocycles. The summed E-state index contributed by atoms with van der Waals surface area (Å²) in [5.74, 6) is -4.42. The highest BCUT2D eigenvalue weighted by atomic mass is 16.5. The zero-order valence-electron chi connectivity index (χ0n) is 26.3. The van der Waals surface area contributed by atoms with Crippen LogP contribution in [0.25, 0.3) is 0 Å². The molecule has 0 heterocycles. The number of amides is 3. The summed E-state index contributed by atoms with van der Waals surface area (Å²) in [6.45, 7) is 8.69. The third kappa shape index (κ3) is 13.4. The molecule has 45 heavy (non-hydrogen) atoms. The van der Waals surface area contributed by atoms with E-state index in [4.69, 9.17) is 14.9 Å². The van der Waals surface area contributed by atoms with E-state index in [0.717, 1.165) is 37.9 Å². The van der Waals surface area contributed by atoms with Crippen LogP contribution in [0, 0.1) is 0 Å². The maximum absolute atomic E-state index is 13.7. The molecule has 12 nitrogen and oxygen atoms in total. The lowest BCUT2D eigenvalue weighted by atomic mass is 10.0. The Morgan fingerprint density at radius 1 is 0.756 bits per heavy atom. The van der Waals surface area contributed by atoms with E-state index in [1.165, 1.54) is 12.1 Å². The van der Waals surface area contributed by atoms with E-state index < -0.39 is 36.0 Å². The third-order valence-corrected chi connectivity index (χ3v) is 7.26. The highest BCUT2D eigenvalue weighted by Gasteiger charge is 2.29. The van der Waals surface area contributed by atoms with Gasteiger partial charge in [-0.3, -0.25) is 14.4 Å². The summed E-state index contributed by atoms with van der Waals surface area (Å²) in [6.07, 6.45) is 1.16. The summed E-state index contributed by atoms with van der Waals surface area (Å²) >= 11 is 0. The largest absolute Gasteiger partial charge is 0.478 e. The second-order valence-corrected chi connectivity index (χ2v) is 10.7. The van der Waals surface area contributed by atoms with E-state index in [1.807, 2.05) is 44.2 Å². The minimum Gasteiger partial charge on any atom is -0.478 e. The van der Waals surface area contributed by atoms with E-state index in [1.54, 1.807) is 12.1 Å². The number of hydrogen-bond donors (Lipinski definition) is 5. The van der Waals surface area contributed by atoms with Crippen molar-refractivity contribution in [1.82, 2.24) is 20.9 Å². The summed E-state index contributed by atoms with van der Waals surface area (Å²) in [6, 6.07) is 13.3. The molecule has 0 radical (unpaired) electrons. The number of benzene rings is 2. The zero-order chi connectivity index (χ0) is 33.2. The minimum atomic E-state index is -2.07. The van der Waals surface area contributed by atoms with Crippen molar-refractivity contribution >= 4 is 29.7 Å². The molecule has 0 unspecified atom stereocenters. The van der Waals surface area contributed by atoms with Crippen LogP contribution in [0.2, 0.25) is 0 Å². The second kappa shape index (κ2) is 19.8. The average molecular weight is 627 g/mol. The zero-order valence-corrected chi connectivity index (χ0v) is 26.3. The molecule has 0 fully saturated rings. The van der Waals surface area contributed by atoms with Crippen LogP contribution in [0.3, 0.4) is 0 Å². The Hall–Kier alpha value is -4.45. The van der Waals surface area contributed by atoms with Crippen LogP contribution in [-0.2, 0) is 36.8 Å². The van der Waals surface area contributed by atoms with Crippen molar-refractivity contribution in [3.8, 4) is 5.75 Å². The van der Waals surface area contributed by atoms with Crippen molar-refractivity contribution in [3.63, 3.8) is 0 Å². The van der Waals surface area contributed by atoms with Crippen LogP contribution < -0.4 is 20.7 Å². The number of carboxylic acid groups (broad SMARTS) is 2. The van der Waals surface area contributed by atoms with Crippen LogP contribution >= 0.6 is 0 Å². The Bertz CT molecular complexity index is 1220. The van der Waals surface area contributed by atoms with Crippen molar-refractivity contribution in [2.24, 2.45) is 0 Å². The smallest absolute Gasteiger partial charge is 0.356 e. The van der Waals surface area contributed by atoms with Gasteiger partial charge in [0.05, 0.1) is 0 Å². The van der Waals surface area contributed by atoms with Crippen molar-refractivity contribution in [1.29, 1.82) is 0 Å². The molecule has 3 amide bonds. The van der Waals surface area contributed by atoms with Gasteiger partial charge in [-0.15, -0.1) is 0 Å². The van der Waals surface area contributed by atoms with E-state index in [9.17, 15) is 24.0 Å². The van der Waals surface area contributed by atoms with Gasteiger partial charge in [0, 0.05) is 32.4 Å². The van der Waals surface area contributed by atoms with E-state index >= 15 is 0 Å². The quantitative estimate of drug-likeness (QED) is 0.103. The number of aliphatic carboxylic acids is 2. The normalized spacial score (nSPS) is 12.3. The Morgan fingerprint density at radius 3 is 1.89 bits per heavy atom. The van der Waals surface area contributed by atoms with Gasteiger partial charge >= 0.3 is 11.9 Å². The van der Waals surface area contributed by atoms with Crippen LogP contribution in [0.15, 0.2) is 54.6 Å². The molecule has 2 atom stereocenters. The third-order valence-electron chi connectivity index (χ3n) is 7.26. The highest BCUT2D eigenvalue weighted by molar-refractivity contribution is 5.96. The Kier molecular flexibility index (Phi) is 16.1. The number of nitrogens with one attached hydrogen (secondary N) is 3. The van der Waals surface area contributed by atoms with Gasteiger partial charge in [-0.05, 0) is 42.8 Å². The molecule has 0 bridgehead atoms. The predicted molar refractivity (Wildman–Crippen MR) is 169 cm³/mol. The van der Waals surface area contributed by atoms with Crippen molar-refractivity contribution in [2.75, 3.05) is 26.2 Å². The number of carbonyl (C=O) groups is 5. The number of carbonyl (C=O) groups excluding carboxylic acids is 3. The predicted octanol–water partition coefficient (Wildman–Crippen LogP) is 2.40. The van der Waals surface area contributed by atoms with Gasteiger partial charge in [0.1, 0.15) is 17.8 Å². The highest BCUT2D eigenvalue weighted by Crippen LogP contribution is 2.16. The molecule has 0 saturated heterocycles. The van der Waals surface area contributed by atoms with Gasteiger partial charge in [0.25, 0.3) is 6.10 Å². The first kappa shape index (κ1) is 36.7. The summed E-state index contributed by atoms with van der Waals surface area (Å²) < 4.78 is 5.07. The summed E-state index contributed by atoms with van der Waals surface area (Å²) in [7, 11) is 0. The number of hydrogen-bond acceptors (Lipinski definition) is 7. The van der Waals surface area contributed by atoms with Gasteiger partial charge in [-0.1, -0.05) is 76.1 Å². The Labute approximate surface area is 264 Å². The fourth-order valence-electron chi connectivity index (χ4n) is 4.60. The van der Waals surface area contributed by atoms with Crippen molar-refractivity contribution in [2.45, 2.75) is 77.5 Å². The molecular formula is C33H46N4O8. The van der Waals surface area contributed by atoms with Gasteiger partial charge in [0.2, 0.25) is 17.7 Å². The van der Waals surface area contributed by atoms with Crippen molar-refractivity contribution < 1.29 is 38.9 Å². The number of nitrogens with zero attached hydrogens (tertiary/aromatic N) is 1. The van der Waals surface area contributed by atoms with Crippen molar-refractivity contribution in [3.05, 3.63) is 65.7 Å². The number of ether oxygens (including phenoxy) is 1. The van der Waals surface area contributed by atoms with Crippen LogP contribution in [0.4, 0.5) is 0 Å². The monoisotopic (exact) mass is 626 g/mol. The molecule has 246 valence electrons. The first-order valence-electron chi connectivity index (χ1n) is 15.4. The summed E-state index contributed by atoms with van der Waals surface area (Å²) in [4.78, 5) is 64.3. The molecule has 2 rings (SSSR count). The molecule has 0 aliphatic heterocycles. The van der Waals surface area contributed by atoms with E-state index in [-0.39, 0.29) is 36.8 Å². The van der Waals surface area contributed by atoms with Gasteiger partial charge in [-0.25, -0.2) is 9.59 Å². The van der Waals surface area contributed by atoms with Gasteiger partial charge in [0.15, 0.2) is 0 Å². The van der Waals surface area contributed by atoms with Crippen LogP contribution in [0.1, 0.15) is 57.6 Å². The van der Waals surface area contributed by atoms with Gasteiger partial charge in [-0.2, -0.15) is 0 Å². The molecule has 0 spiro atoms. The van der Waals surface area contributed by atoms with E-state index in [2.05, 4.69) is 27.8 Å². The lowest BCUT2D eigenvalue weighted by Crippen LogP contribution is -2.55. The maximum Gasteiger partial charge on any atom is 0.356 e. The molecule has 0 saturated carbocycles. The molecule has 12 heteroatoms. The van der Waals surface area contributed by atoms with E-state index in [0.29, 0.717) is 18.7 Å². The first-order chi connectivity index (χ1) is 21.6. The fourth-order valence-corrected chi connectivity index (χ4v) is 4.60. The molecular weight excluding hydrogens is 580 g/mol. The van der Waals surface area contributed by atoms with Crippen LogP contribution in [0.5, 0.6) is 5.75 Å². The molecule has 0 aliphatic rings. The SMILES string of the molecule is CCCCCNC(=O)[C@H](Cc1ccc(OC(C(=O)O)C(=O)O)cc1)NC(=O)[C@H](Cc1ccccc1)NC(=O)CCN(CC)CC. The lowest BCUT2D eigenvalue weighted by molar-refractivity contribution is -0.159. The second-order valence-electron chi connectivity index (χ2n) is 10.7. The first-order valence-corrected chi connectivity index (χ1v) is 15.4. The minimum absolute atomic E-state index is 0.0218. The number of carboxylic acids is 2. The summed E-state index contributed by atoms with van der Waals surface area (Å²) in [5, 5.41) is 26.7. The molecule has 5 N–H and O–H groups in total. The van der Waals surface area contributed by atoms with Crippen LogP contribution in [-0.4, -0.2) is 89.1 Å². The maximum atomic E-state index is 13.7. The lowest BCUT2D eigenvalue weighted by Gasteiger charge is -2.24. The number of unbranched alkanes of at least 4 members (excludes halogenated alkanes) is 2. The number of rotatable bonds is 21. The Morgan fingerprint density at radius 2 is 1.33 bits per heavy atom. The molecule has 0 aliphatic carbocycles. The summed E-state index contributed by atoms with van der Waals surface area (Å²) in [5.41, 5.74) is 1.46. The molecule has 2 aromatic rings. The standard InChI is InChI=1S/C33H46N4O8/c1-4-7-11-19-34-30(39)26(22-24-14-16-25(17-15-24)45-29(32(41)42)33(43)44)36-31(40)27(21-23-12-9-8-10-13-23)35-28(38)18-20-37(5-2)6-3/h8-10,12-17,26-27,29H,4-7,11,18-22H2,1-3H3,(H,34,39)(H,35,38)(H,36,40)(H,41,42)(H,43,44)/t26-,27-/m0/s1. The topological polar surface area (TPSA) is 174 Å².